The zero-order valence-electron chi connectivity index (χ0n) is 12.8. The first-order valence-electron chi connectivity index (χ1n) is 7.17. The number of aromatic nitrogens is 1. The molecular weight excluding hydrogens is 318 g/mol. The van der Waals surface area contributed by atoms with Crippen LogP contribution in [0.5, 0.6) is 0 Å². The lowest BCUT2D eigenvalue weighted by molar-refractivity contribution is 0.250. The Labute approximate surface area is 137 Å². The molecule has 0 aliphatic carbocycles. The second-order valence-corrected chi connectivity index (χ2v) is 6.28. The second kappa shape index (κ2) is 6.60. The Morgan fingerprint density at radius 3 is 2.78 bits per heavy atom. The summed E-state index contributed by atoms with van der Waals surface area (Å²) in [7, 11) is 1.93. The van der Waals surface area contributed by atoms with Gasteiger partial charge in [-0.15, -0.1) is 11.3 Å². The Bertz CT molecular complexity index is 786. The Morgan fingerprint density at radius 1 is 1.26 bits per heavy atom. The van der Waals surface area contributed by atoms with Crippen molar-refractivity contribution in [3.8, 4) is 10.6 Å². The van der Waals surface area contributed by atoms with Crippen LogP contribution in [0.15, 0.2) is 46.6 Å². The van der Waals surface area contributed by atoms with Crippen LogP contribution in [0.25, 0.3) is 10.6 Å². The van der Waals surface area contributed by atoms with Crippen LogP contribution in [0.4, 0.5) is 8.78 Å². The topological polar surface area (TPSA) is 29.3 Å². The molecule has 0 amide bonds. The van der Waals surface area contributed by atoms with Gasteiger partial charge in [0.05, 0.1) is 12.0 Å². The van der Waals surface area contributed by atoms with Gasteiger partial charge in [0.1, 0.15) is 11.3 Å². The van der Waals surface area contributed by atoms with Crippen LogP contribution in [0, 0.1) is 11.6 Å². The standard InChI is InChI=1S/C17H16F2N2OS/c1-11(12-3-4-15(18)16(19)7-12)21(2)8-14-10-23-17(20-14)13-5-6-22-9-13/h3-7,9-11H,8H2,1-2H3. The molecule has 0 saturated carbocycles. The summed E-state index contributed by atoms with van der Waals surface area (Å²) in [5, 5.41) is 2.90. The molecule has 3 aromatic rings. The zero-order valence-corrected chi connectivity index (χ0v) is 13.6. The van der Waals surface area contributed by atoms with Gasteiger partial charge < -0.3 is 4.42 Å². The number of nitrogens with zero attached hydrogens (tertiary/aromatic N) is 2. The summed E-state index contributed by atoms with van der Waals surface area (Å²) in [5.74, 6) is -1.65. The molecule has 1 atom stereocenters. The van der Waals surface area contributed by atoms with Gasteiger partial charge >= 0.3 is 0 Å². The van der Waals surface area contributed by atoms with Gasteiger partial charge in [-0.3, -0.25) is 4.90 Å². The number of thiazole rings is 1. The van der Waals surface area contributed by atoms with Gasteiger partial charge in [0, 0.05) is 23.5 Å². The van der Waals surface area contributed by atoms with Crippen LogP contribution in [0.2, 0.25) is 0 Å². The van der Waals surface area contributed by atoms with Crippen molar-refractivity contribution < 1.29 is 13.2 Å². The van der Waals surface area contributed by atoms with Gasteiger partial charge in [-0.1, -0.05) is 6.07 Å². The van der Waals surface area contributed by atoms with E-state index in [-0.39, 0.29) is 6.04 Å². The van der Waals surface area contributed by atoms with Gasteiger partial charge in [0.15, 0.2) is 11.6 Å². The second-order valence-electron chi connectivity index (χ2n) is 5.42. The van der Waals surface area contributed by atoms with E-state index in [0.29, 0.717) is 6.54 Å². The van der Waals surface area contributed by atoms with Crippen LogP contribution in [0.3, 0.4) is 0 Å². The summed E-state index contributed by atoms with van der Waals surface area (Å²) in [6.45, 7) is 2.57. The van der Waals surface area contributed by atoms with Crippen LogP contribution in [0.1, 0.15) is 24.2 Å². The van der Waals surface area contributed by atoms with E-state index < -0.39 is 11.6 Å². The molecule has 0 saturated heterocycles. The number of benzene rings is 1. The Kier molecular flexibility index (Phi) is 4.54. The molecule has 1 unspecified atom stereocenters. The molecule has 23 heavy (non-hydrogen) atoms. The van der Waals surface area contributed by atoms with E-state index in [1.807, 2.05) is 30.3 Å². The van der Waals surface area contributed by atoms with Crippen molar-refractivity contribution in [2.75, 3.05) is 7.05 Å². The minimum absolute atomic E-state index is 0.0517. The zero-order chi connectivity index (χ0) is 16.4. The molecule has 0 N–H and O–H groups in total. The first kappa shape index (κ1) is 15.8. The molecule has 0 aliphatic rings. The maximum absolute atomic E-state index is 13.4. The molecule has 0 bridgehead atoms. The molecule has 2 aromatic heterocycles. The molecule has 1 aromatic carbocycles. The van der Waals surface area contributed by atoms with Crippen molar-refractivity contribution in [1.29, 1.82) is 0 Å². The molecule has 6 heteroatoms. The molecular formula is C17H16F2N2OS. The summed E-state index contributed by atoms with van der Waals surface area (Å²) < 4.78 is 31.5. The lowest BCUT2D eigenvalue weighted by atomic mass is 10.1. The molecule has 0 spiro atoms. The monoisotopic (exact) mass is 334 g/mol. The smallest absolute Gasteiger partial charge is 0.159 e. The van der Waals surface area contributed by atoms with E-state index in [2.05, 4.69) is 4.98 Å². The van der Waals surface area contributed by atoms with Crippen LogP contribution < -0.4 is 0 Å². The van der Waals surface area contributed by atoms with Crippen molar-refractivity contribution >= 4 is 11.3 Å². The minimum atomic E-state index is -0.826. The van der Waals surface area contributed by atoms with Crippen LogP contribution in [-0.4, -0.2) is 16.9 Å². The molecule has 0 radical (unpaired) electrons. The highest BCUT2D eigenvalue weighted by molar-refractivity contribution is 7.13. The van der Waals surface area contributed by atoms with Gasteiger partial charge in [0.25, 0.3) is 0 Å². The average Bonchev–Trinajstić information content (AvgIpc) is 3.20. The van der Waals surface area contributed by atoms with E-state index >= 15 is 0 Å². The van der Waals surface area contributed by atoms with Crippen molar-refractivity contribution in [1.82, 2.24) is 9.88 Å². The van der Waals surface area contributed by atoms with Crippen molar-refractivity contribution in [2.24, 2.45) is 0 Å². The van der Waals surface area contributed by atoms with E-state index in [4.69, 9.17) is 4.42 Å². The van der Waals surface area contributed by atoms with E-state index in [9.17, 15) is 8.78 Å². The number of furan rings is 1. The van der Waals surface area contributed by atoms with E-state index in [1.165, 1.54) is 6.07 Å². The first-order chi connectivity index (χ1) is 11.0. The molecule has 0 fully saturated rings. The maximum Gasteiger partial charge on any atom is 0.159 e. The predicted molar refractivity (Wildman–Crippen MR) is 86.1 cm³/mol. The van der Waals surface area contributed by atoms with Gasteiger partial charge in [-0.25, -0.2) is 13.8 Å². The third-order valence-corrected chi connectivity index (χ3v) is 4.76. The molecule has 120 valence electrons. The third kappa shape index (κ3) is 3.48. The number of rotatable bonds is 5. The van der Waals surface area contributed by atoms with Gasteiger partial charge in [-0.2, -0.15) is 0 Å². The fourth-order valence-corrected chi connectivity index (χ4v) is 3.11. The highest BCUT2D eigenvalue weighted by atomic mass is 32.1. The molecule has 3 rings (SSSR count). The number of hydrogen-bond donors (Lipinski definition) is 0. The predicted octanol–water partition coefficient (Wildman–Crippen LogP) is 4.87. The normalized spacial score (nSPS) is 12.7. The van der Waals surface area contributed by atoms with E-state index in [0.717, 1.165) is 27.9 Å². The van der Waals surface area contributed by atoms with Crippen molar-refractivity contribution in [3.05, 3.63) is 65.1 Å². The fourth-order valence-electron chi connectivity index (χ4n) is 2.32. The van der Waals surface area contributed by atoms with Gasteiger partial charge in [0.2, 0.25) is 0 Å². The fraction of sp³-hybridized carbons (Fsp3) is 0.235. The lowest BCUT2D eigenvalue weighted by Crippen LogP contribution is -2.22. The van der Waals surface area contributed by atoms with Crippen LogP contribution in [-0.2, 0) is 6.54 Å². The number of hydrogen-bond acceptors (Lipinski definition) is 4. The Hall–Kier alpha value is -2.05. The van der Waals surface area contributed by atoms with Crippen molar-refractivity contribution in [2.45, 2.75) is 19.5 Å². The summed E-state index contributed by atoms with van der Waals surface area (Å²) in [6, 6.07) is 5.83. The highest BCUT2D eigenvalue weighted by Crippen LogP contribution is 2.26. The number of halogens is 2. The summed E-state index contributed by atoms with van der Waals surface area (Å²) in [4.78, 5) is 6.63. The Balaban J connectivity index is 1.71. The van der Waals surface area contributed by atoms with Crippen LogP contribution >= 0.6 is 11.3 Å². The summed E-state index contributed by atoms with van der Waals surface area (Å²) in [5.41, 5.74) is 2.62. The lowest BCUT2D eigenvalue weighted by Gasteiger charge is -2.24. The van der Waals surface area contributed by atoms with Gasteiger partial charge in [-0.05, 0) is 37.7 Å². The van der Waals surface area contributed by atoms with E-state index in [1.54, 1.807) is 29.9 Å². The average molecular weight is 334 g/mol. The minimum Gasteiger partial charge on any atom is -0.472 e. The maximum atomic E-state index is 13.4. The molecule has 0 aliphatic heterocycles. The Morgan fingerprint density at radius 2 is 2.09 bits per heavy atom. The van der Waals surface area contributed by atoms with Crippen molar-refractivity contribution in [3.63, 3.8) is 0 Å². The third-order valence-electron chi connectivity index (χ3n) is 3.82. The first-order valence-corrected chi connectivity index (χ1v) is 8.04. The SMILES string of the molecule is CC(c1ccc(F)c(F)c1)N(C)Cc1csc(-c2ccoc2)n1. The summed E-state index contributed by atoms with van der Waals surface area (Å²) in [6.07, 6.45) is 3.28. The largest absolute Gasteiger partial charge is 0.472 e. The highest BCUT2D eigenvalue weighted by Gasteiger charge is 2.16. The molecule has 3 nitrogen and oxygen atoms in total. The summed E-state index contributed by atoms with van der Waals surface area (Å²) >= 11 is 1.55. The quantitative estimate of drug-likeness (QED) is 0.666. The molecule has 2 heterocycles.